The maximum Gasteiger partial charge on any atom is 0.310 e. The Bertz CT molecular complexity index is 1220. The van der Waals surface area contributed by atoms with E-state index in [4.69, 9.17) is 11.6 Å². The highest BCUT2D eigenvalue weighted by molar-refractivity contribution is 6.30. The second-order valence-electron chi connectivity index (χ2n) is 9.15. The molecule has 2 atom stereocenters. The molecule has 186 valence electrons. The van der Waals surface area contributed by atoms with Gasteiger partial charge < -0.3 is 10.4 Å². The summed E-state index contributed by atoms with van der Waals surface area (Å²) in [5, 5.41) is 20.2. The number of nitrogens with one attached hydrogen (secondary N) is 2. The SMILES string of the molecule is CCC1CC(Cc2nc(Nc3cc(C)[nH]n3)ccc2F)(C(=O)O)CCN1Cc1cccc(Cl)c1F. The van der Waals surface area contributed by atoms with Crippen molar-refractivity contribution < 1.29 is 18.7 Å². The number of hydrogen-bond donors (Lipinski definition) is 3. The molecule has 0 saturated carbocycles. The number of H-pyrrole nitrogens is 1. The maximum absolute atomic E-state index is 14.8. The van der Waals surface area contributed by atoms with Gasteiger partial charge in [0.15, 0.2) is 5.82 Å². The lowest BCUT2D eigenvalue weighted by Gasteiger charge is -2.44. The van der Waals surface area contributed by atoms with Crippen LogP contribution in [0.5, 0.6) is 0 Å². The lowest BCUT2D eigenvalue weighted by atomic mass is 9.71. The third-order valence-corrected chi connectivity index (χ3v) is 7.03. The van der Waals surface area contributed by atoms with Crippen molar-refractivity contribution in [3.8, 4) is 0 Å². The van der Waals surface area contributed by atoms with E-state index in [9.17, 15) is 18.7 Å². The molecule has 3 aromatic rings. The third-order valence-electron chi connectivity index (χ3n) is 6.74. The van der Waals surface area contributed by atoms with Crippen LogP contribution in [0.25, 0.3) is 0 Å². The standard InChI is InChI=1S/C25H28ClF2N5O2/c1-3-17-12-25(24(34)35,9-10-33(17)14-16-5-4-6-18(26)23(16)28)13-20-19(27)7-8-21(29-20)30-22-11-15(2)31-32-22/h4-8,11,17H,3,9-10,12-14H2,1-2H3,(H,34,35)(H2,29,30,31,32). The quantitative estimate of drug-likeness (QED) is 0.377. The molecule has 7 nitrogen and oxygen atoms in total. The topological polar surface area (TPSA) is 94.1 Å². The van der Waals surface area contributed by atoms with Crippen LogP contribution in [0.2, 0.25) is 5.02 Å². The van der Waals surface area contributed by atoms with Gasteiger partial charge in [0.25, 0.3) is 0 Å². The monoisotopic (exact) mass is 503 g/mol. The number of hydrogen-bond acceptors (Lipinski definition) is 5. The fourth-order valence-electron chi connectivity index (χ4n) is 4.76. The molecular formula is C25H28ClF2N5O2. The minimum absolute atomic E-state index is 0.0425. The van der Waals surface area contributed by atoms with Gasteiger partial charge in [-0.2, -0.15) is 5.10 Å². The first-order chi connectivity index (χ1) is 16.7. The molecule has 0 bridgehead atoms. The molecule has 1 aliphatic heterocycles. The molecule has 3 heterocycles. The minimum Gasteiger partial charge on any atom is -0.481 e. The molecule has 4 rings (SSSR count). The normalized spacial score (nSPS) is 20.7. The van der Waals surface area contributed by atoms with Crippen LogP contribution in [0.4, 0.5) is 20.4 Å². The molecule has 2 aromatic heterocycles. The predicted molar refractivity (Wildman–Crippen MR) is 130 cm³/mol. The molecule has 10 heteroatoms. The van der Waals surface area contributed by atoms with Crippen molar-refractivity contribution in [3.05, 3.63) is 70.0 Å². The van der Waals surface area contributed by atoms with Crippen molar-refractivity contribution in [2.45, 2.75) is 52.1 Å². The second kappa shape index (κ2) is 10.3. The Hall–Kier alpha value is -3.04. The van der Waals surface area contributed by atoms with E-state index < -0.39 is 23.0 Å². The van der Waals surface area contributed by atoms with Gasteiger partial charge in [-0.25, -0.2) is 13.8 Å². The summed E-state index contributed by atoms with van der Waals surface area (Å²) in [6.07, 6.45) is 1.23. The fourth-order valence-corrected chi connectivity index (χ4v) is 4.96. The van der Waals surface area contributed by atoms with Crippen LogP contribution in [-0.4, -0.2) is 43.7 Å². The summed E-state index contributed by atoms with van der Waals surface area (Å²) < 4.78 is 29.2. The molecule has 1 aliphatic rings. The number of carboxylic acid groups (broad SMARTS) is 1. The second-order valence-corrected chi connectivity index (χ2v) is 9.56. The van der Waals surface area contributed by atoms with Crippen LogP contribution in [0.1, 0.15) is 43.1 Å². The minimum atomic E-state index is -1.18. The van der Waals surface area contributed by atoms with Gasteiger partial charge in [-0.05, 0) is 50.9 Å². The summed E-state index contributed by atoms with van der Waals surface area (Å²) in [7, 11) is 0. The van der Waals surface area contributed by atoms with Gasteiger partial charge in [-0.15, -0.1) is 0 Å². The maximum atomic E-state index is 14.8. The number of piperidine rings is 1. The number of anilines is 2. The van der Waals surface area contributed by atoms with Gasteiger partial charge >= 0.3 is 5.97 Å². The zero-order valence-electron chi connectivity index (χ0n) is 19.6. The smallest absolute Gasteiger partial charge is 0.310 e. The van der Waals surface area contributed by atoms with Crippen molar-refractivity contribution in [2.75, 3.05) is 11.9 Å². The summed E-state index contributed by atoms with van der Waals surface area (Å²) in [6.45, 7) is 4.59. The average molecular weight is 504 g/mol. The van der Waals surface area contributed by atoms with Crippen LogP contribution in [-0.2, 0) is 17.8 Å². The first-order valence-electron chi connectivity index (χ1n) is 11.6. The number of rotatable bonds is 8. The van der Waals surface area contributed by atoms with E-state index in [2.05, 4.69) is 25.4 Å². The number of carboxylic acids is 1. The summed E-state index contributed by atoms with van der Waals surface area (Å²) >= 11 is 5.93. The lowest BCUT2D eigenvalue weighted by Crippen LogP contribution is -2.50. The van der Waals surface area contributed by atoms with E-state index in [-0.39, 0.29) is 23.2 Å². The number of aliphatic carboxylic acids is 1. The molecule has 0 radical (unpaired) electrons. The number of aryl methyl sites for hydroxylation is 1. The molecule has 0 spiro atoms. The highest BCUT2D eigenvalue weighted by atomic mass is 35.5. The van der Waals surface area contributed by atoms with Crippen molar-refractivity contribution in [2.24, 2.45) is 5.41 Å². The molecule has 0 aliphatic carbocycles. The molecule has 1 fully saturated rings. The van der Waals surface area contributed by atoms with E-state index in [0.29, 0.717) is 49.6 Å². The Balaban J connectivity index is 1.54. The number of carbonyl (C=O) groups is 1. The van der Waals surface area contributed by atoms with Crippen LogP contribution in [0, 0.1) is 24.0 Å². The number of benzene rings is 1. The van der Waals surface area contributed by atoms with Gasteiger partial charge in [0.1, 0.15) is 17.5 Å². The van der Waals surface area contributed by atoms with Gasteiger partial charge in [0.2, 0.25) is 0 Å². The number of halogens is 3. The van der Waals surface area contributed by atoms with Crippen molar-refractivity contribution in [1.82, 2.24) is 20.1 Å². The van der Waals surface area contributed by atoms with E-state index in [1.165, 1.54) is 18.2 Å². The fraction of sp³-hybridized carbons (Fsp3) is 0.400. The number of pyridine rings is 1. The first kappa shape index (κ1) is 25.1. The summed E-state index contributed by atoms with van der Waals surface area (Å²) in [5.41, 5.74) is 0.238. The highest BCUT2D eigenvalue weighted by Gasteiger charge is 2.46. The van der Waals surface area contributed by atoms with Crippen LogP contribution in [0.15, 0.2) is 36.4 Å². The molecule has 3 N–H and O–H groups in total. The van der Waals surface area contributed by atoms with Crippen LogP contribution in [0.3, 0.4) is 0 Å². The van der Waals surface area contributed by atoms with Crippen LogP contribution >= 0.6 is 11.6 Å². The molecule has 0 amide bonds. The largest absolute Gasteiger partial charge is 0.481 e. The van der Waals surface area contributed by atoms with E-state index in [0.717, 1.165) is 5.69 Å². The summed E-state index contributed by atoms with van der Waals surface area (Å²) in [4.78, 5) is 19.0. The van der Waals surface area contributed by atoms with Gasteiger partial charge in [0, 0.05) is 36.3 Å². The van der Waals surface area contributed by atoms with Gasteiger partial charge in [-0.3, -0.25) is 14.8 Å². The third kappa shape index (κ3) is 5.46. The number of aromatic amines is 1. The summed E-state index contributed by atoms with van der Waals surface area (Å²) in [5.74, 6) is -1.07. The Kier molecular flexibility index (Phi) is 7.37. The van der Waals surface area contributed by atoms with E-state index >= 15 is 0 Å². The Morgan fingerprint density at radius 3 is 2.80 bits per heavy atom. The molecule has 1 aromatic carbocycles. The molecule has 2 unspecified atom stereocenters. The van der Waals surface area contributed by atoms with E-state index in [1.54, 1.807) is 18.2 Å². The average Bonchev–Trinajstić information content (AvgIpc) is 3.24. The zero-order valence-corrected chi connectivity index (χ0v) is 20.4. The Morgan fingerprint density at radius 1 is 1.31 bits per heavy atom. The van der Waals surface area contributed by atoms with Gasteiger partial charge in [0.05, 0.1) is 16.1 Å². The number of aromatic nitrogens is 3. The Morgan fingerprint density at radius 2 is 2.11 bits per heavy atom. The lowest BCUT2D eigenvalue weighted by molar-refractivity contribution is -0.154. The van der Waals surface area contributed by atoms with Crippen molar-refractivity contribution in [1.29, 1.82) is 0 Å². The van der Waals surface area contributed by atoms with Crippen molar-refractivity contribution in [3.63, 3.8) is 0 Å². The van der Waals surface area contributed by atoms with E-state index in [1.807, 2.05) is 13.8 Å². The predicted octanol–water partition coefficient (Wildman–Crippen LogP) is 5.48. The highest BCUT2D eigenvalue weighted by Crippen LogP contribution is 2.40. The molecule has 1 saturated heterocycles. The zero-order chi connectivity index (χ0) is 25.2. The van der Waals surface area contributed by atoms with Crippen LogP contribution < -0.4 is 5.32 Å². The number of nitrogens with zero attached hydrogens (tertiary/aromatic N) is 3. The number of likely N-dealkylation sites (tertiary alicyclic amines) is 1. The molecular weight excluding hydrogens is 476 g/mol. The van der Waals surface area contributed by atoms with Gasteiger partial charge in [-0.1, -0.05) is 30.7 Å². The molecule has 35 heavy (non-hydrogen) atoms. The first-order valence-corrected chi connectivity index (χ1v) is 11.9. The van der Waals surface area contributed by atoms with Crippen molar-refractivity contribution >= 4 is 29.2 Å². The Labute approximate surface area is 207 Å². The summed E-state index contributed by atoms with van der Waals surface area (Å²) in [6, 6.07) is 9.34.